The molecular formula is C13H9Br2F. The minimum Gasteiger partial charge on any atom is -0.206 e. The maximum atomic E-state index is 13.8. The summed E-state index contributed by atoms with van der Waals surface area (Å²) in [7, 11) is 0. The number of hydrogen-bond acceptors (Lipinski definition) is 0. The van der Waals surface area contributed by atoms with Crippen molar-refractivity contribution in [3.63, 3.8) is 0 Å². The highest BCUT2D eigenvalue weighted by Gasteiger charge is 2.12. The van der Waals surface area contributed by atoms with Crippen LogP contribution < -0.4 is 0 Å². The van der Waals surface area contributed by atoms with Crippen molar-refractivity contribution in [2.75, 3.05) is 0 Å². The fourth-order valence-corrected chi connectivity index (χ4v) is 2.61. The molecule has 0 heterocycles. The van der Waals surface area contributed by atoms with Crippen LogP contribution in [0.25, 0.3) is 11.1 Å². The molecule has 0 amide bonds. The quantitative estimate of drug-likeness (QED) is 0.656. The van der Waals surface area contributed by atoms with E-state index in [0.717, 1.165) is 20.1 Å². The lowest BCUT2D eigenvalue weighted by Crippen LogP contribution is -1.88. The molecule has 0 saturated carbocycles. The van der Waals surface area contributed by atoms with E-state index in [1.807, 2.05) is 31.2 Å². The predicted octanol–water partition coefficient (Wildman–Crippen LogP) is 5.33. The number of benzene rings is 2. The fourth-order valence-electron chi connectivity index (χ4n) is 1.60. The van der Waals surface area contributed by atoms with E-state index in [0.29, 0.717) is 5.56 Å². The topological polar surface area (TPSA) is 0 Å². The molecule has 82 valence electrons. The lowest BCUT2D eigenvalue weighted by Gasteiger charge is -2.10. The van der Waals surface area contributed by atoms with Crippen LogP contribution in [0.5, 0.6) is 0 Å². The van der Waals surface area contributed by atoms with Crippen LogP contribution in [0, 0.1) is 12.7 Å². The van der Waals surface area contributed by atoms with Crippen molar-refractivity contribution in [2.24, 2.45) is 0 Å². The molecule has 0 aliphatic heterocycles. The van der Waals surface area contributed by atoms with E-state index in [1.54, 1.807) is 6.07 Å². The van der Waals surface area contributed by atoms with Crippen LogP contribution in [0.4, 0.5) is 4.39 Å². The summed E-state index contributed by atoms with van der Waals surface area (Å²) >= 11 is 6.88. The van der Waals surface area contributed by atoms with Gasteiger partial charge >= 0.3 is 0 Å². The predicted molar refractivity (Wildman–Crippen MR) is 72.0 cm³/mol. The Morgan fingerprint density at radius 3 is 2.38 bits per heavy atom. The van der Waals surface area contributed by atoms with E-state index in [1.165, 1.54) is 6.07 Å². The molecular weight excluding hydrogens is 335 g/mol. The van der Waals surface area contributed by atoms with Crippen molar-refractivity contribution in [3.8, 4) is 11.1 Å². The number of rotatable bonds is 1. The molecule has 0 fully saturated rings. The highest BCUT2D eigenvalue weighted by atomic mass is 79.9. The summed E-state index contributed by atoms with van der Waals surface area (Å²) in [4.78, 5) is 0. The SMILES string of the molecule is Cc1cccc(-c2c(F)cccc2Br)c1Br. The normalized spacial score (nSPS) is 10.5. The smallest absolute Gasteiger partial charge is 0.132 e. The van der Waals surface area contributed by atoms with Gasteiger partial charge in [-0.25, -0.2) is 4.39 Å². The summed E-state index contributed by atoms with van der Waals surface area (Å²) in [6.45, 7) is 1.99. The molecule has 0 saturated heterocycles. The molecule has 0 aliphatic rings. The second kappa shape index (κ2) is 4.68. The summed E-state index contributed by atoms with van der Waals surface area (Å²) in [5.41, 5.74) is 2.55. The molecule has 0 nitrogen and oxygen atoms in total. The Balaban J connectivity index is 2.73. The van der Waals surface area contributed by atoms with E-state index < -0.39 is 0 Å². The summed E-state index contributed by atoms with van der Waals surface area (Å²) < 4.78 is 15.5. The molecule has 0 bridgehead atoms. The first-order chi connectivity index (χ1) is 7.61. The summed E-state index contributed by atoms with van der Waals surface area (Å²) in [5, 5.41) is 0. The third-order valence-electron chi connectivity index (χ3n) is 2.42. The summed E-state index contributed by atoms with van der Waals surface area (Å²) in [6.07, 6.45) is 0. The van der Waals surface area contributed by atoms with Crippen molar-refractivity contribution < 1.29 is 4.39 Å². The van der Waals surface area contributed by atoms with Crippen LogP contribution in [0.1, 0.15) is 5.56 Å². The van der Waals surface area contributed by atoms with Crippen LogP contribution in [0.15, 0.2) is 45.3 Å². The van der Waals surface area contributed by atoms with Crippen molar-refractivity contribution in [1.29, 1.82) is 0 Å². The maximum absolute atomic E-state index is 13.8. The first-order valence-corrected chi connectivity index (χ1v) is 6.39. The van der Waals surface area contributed by atoms with Crippen molar-refractivity contribution in [3.05, 3.63) is 56.7 Å². The van der Waals surface area contributed by atoms with Gasteiger partial charge in [-0.05, 0) is 40.5 Å². The Kier molecular flexibility index (Phi) is 3.45. The molecule has 0 spiro atoms. The van der Waals surface area contributed by atoms with Gasteiger partial charge in [0.25, 0.3) is 0 Å². The Morgan fingerprint density at radius 1 is 1.00 bits per heavy atom. The molecule has 2 aromatic carbocycles. The second-order valence-electron chi connectivity index (χ2n) is 3.53. The lowest BCUT2D eigenvalue weighted by atomic mass is 10.0. The van der Waals surface area contributed by atoms with E-state index in [9.17, 15) is 4.39 Å². The van der Waals surface area contributed by atoms with E-state index >= 15 is 0 Å². The van der Waals surface area contributed by atoms with Crippen LogP contribution in [0.2, 0.25) is 0 Å². The third-order valence-corrected chi connectivity index (χ3v) is 4.14. The molecule has 0 aromatic heterocycles. The van der Waals surface area contributed by atoms with Gasteiger partial charge in [-0.15, -0.1) is 0 Å². The Hall–Kier alpha value is -0.670. The van der Waals surface area contributed by atoms with Crippen LogP contribution in [0.3, 0.4) is 0 Å². The minimum absolute atomic E-state index is 0.222. The van der Waals surface area contributed by atoms with Crippen molar-refractivity contribution >= 4 is 31.9 Å². The molecule has 0 radical (unpaired) electrons. The van der Waals surface area contributed by atoms with Gasteiger partial charge in [0.2, 0.25) is 0 Å². The first-order valence-electron chi connectivity index (χ1n) is 4.80. The van der Waals surface area contributed by atoms with Gasteiger partial charge in [0.05, 0.1) is 0 Å². The minimum atomic E-state index is -0.222. The van der Waals surface area contributed by atoms with Gasteiger partial charge in [-0.3, -0.25) is 0 Å². The van der Waals surface area contributed by atoms with Gasteiger partial charge in [0.1, 0.15) is 5.82 Å². The zero-order chi connectivity index (χ0) is 11.7. The number of hydrogen-bond donors (Lipinski definition) is 0. The fraction of sp³-hybridized carbons (Fsp3) is 0.0769. The molecule has 0 aliphatic carbocycles. The molecule has 2 rings (SSSR count). The monoisotopic (exact) mass is 342 g/mol. The Labute approximate surface area is 111 Å². The maximum Gasteiger partial charge on any atom is 0.132 e. The van der Waals surface area contributed by atoms with Crippen LogP contribution >= 0.6 is 31.9 Å². The summed E-state index contributed by atoms with van der Waals surface area (Å²) in [6, 6.07) is 10.8. The molecule has 3 heteroatoms. The third kappa shape index (κ3) is 2.06. The van der Waals surface area contributed by atoms with Crippen LogP contribution in [-0.2, 0) is 0 Å². The Bertz CT molecular complexity index is 515. The number of aryl methyl sites for hydroxylation is 1. The van der Waals surface area contributed by atoms with Crippen LogP contribution in [-0.4, -0.2) is 0 Å². The van der Waals surface area contributed by atoms with Gasteiger partial charge in [-0.1, -0.05) is 40.2 Å². The van der Waals surface area contributed by atoms with Gasteiger partial charge in [0.15, 0.2) is 0 Å². The summed E-state index contributed by atoms with van der Waals surface area (Å²) in [5.74, 6) is -0.222. The average Bonchev–Trinajstić information content (AvgIpc) is 2.24. The largest absolute Gasteiger partial charge is 0.206 e. The highest BCUT2D eigenvalue weighted by Crippen LogP contribution is 2.36. The van der Waals surface area contributed by atoms with Gasteiger partial charge in [0, 0.05) is 20.1 Å². The molecule has 2 aromatic rings. The zero-order valence-electron chi connectivity index (χ0n) is 8.60. The second-order valence-corrected chi connectivity index (χ2v) is 5.18. The molecule has 0 N–H and O–H groups in total. The highest BCUT2D eigenvalue weighted by molar-refractivity contribution is 9.11. The standard InChI is InChI=1S/C13H9Br2F/c1-8-4-2-5-9(13(8)15)12-10(14)6-3-7-11(12)16/h2-7H,1H3. The van der Waals surface area contributed by atoms with Crippen molar-refractivity contribution in [2.45, 2.75) is 6.92 Å². The molecule has 16 heavy (non-hydrogen) atoms. The lowest BCUT2D eigenvalue weighted by molar-refractivity contribution is 0.630. The van der Waals surface area contributed by atoms with E-state index in [-0.39, 0.29) is 5.82 Å². The van der Waals surface area contributed by atoms with Gasteiger partial charge < -0.3 is 0 Å². The zero-order valence-corrected chi connectivity index (χ0v) is 11.8. The average molecular weight is 344 g/mol. The number of halogens is 3. The Morgan fingerprint density at radius 2 is 1.69 bits per heavy atom. The molecule has 0 atom stereocenters. The van der Waals surface area contributed by atoms with E-state index in [4.69, 9.17) is 0 Å². The molecule has 0 unspecified atom stereocenters. The first kappa shape index (κ1) is 11.8. The van der Waals surface area contributed by atoms with Crippen molar-refractivity contribution in [1.82, 2.24) is 0 Å². The van der Waals surface area contributed by atoms with E-state index in [2.05, 4.69) is 31.9 Å². The van der Waals surface area contributed by atoms with Gasteiger partial charge in [-0.2, -0.15) is 0 Å².